The molecule has 5 nitrogen and oxygen atoms in total. The number of benzene rings is 1. The molecule has 112 valence electrons. The summed E-state index contributed by atoms with van der Waals surface area (Å²) in [6, 6.07) is 13.0. The molecular weight excluding hydrogens is 298 g/mol. The minimum atomic E-state index is -0.234. The SMILES string of the molecule is CC(Sc1nncn1Cc1ccco1)C(=O)c1ccccc1. The lowest BCUT2D eigenvalue weighted by Gasteiger charge is -2.10. The van der Waals surface area contributed by atoms with Gasteiger partial charge in [0.05, 0.1) is 18.1 Å². The van der Waals surface area contributed by atoms with Crippen molar-refractivity contribution in [3.8, 4) is 0 Å². The third kappa shape index (κ3) is 3.28. The van der Waals surface area contributed by atoms with E-state index in [9.17, 15) is 4.79 Å². The van der Waals surface area contributed by atoms with Gasteiger partial charge in [-0.1, -0.05) is 42.1 Å². The zero-order valence-electron chi connectivity index (χ0n) is 12.0. The smallest absolute Gasteiger partial charge is 0.192 e. The molecule has 0 amide bonds. The Labute approximate surface area is 132 Å². The molecule has 0 aliphatic carbocycles. The fraction of sp³-hybridized carbons (Fsp3) is 0.188. The number of furan rings is 1. The Kier molecular flexibility index (Phi) is 4.39. The molecule has 0 bridgehead atoms. The van der Waals surface area contributed by atoms with E-state index in [1.165, 1.54) is 11.8 Å². The van der Waals surface area contributed by atoms with Gasteiger partial charge in [0.2, 0.25) is 0 Å². The monoisotopic (exact) mass is 313 g/mol. The normalized spacial score (nSPS) is 12.2. The van der Waals surface area contributed by atoms with Crippen molar-refractivity contribution in [1.82, 2.24) is 14.8 Å². The highest BCUT2D eigenvalue weighted by Gasteiger charge is 2.19. The Bertz CT molecular complexity index is 738. The molecule has 6 heteroatoms. The zero-order chi connectivity index (χ0) is 15.4. The van der Waals surface area contributed by atoms with E-state index < -0.39 is 0 Å². The molecule has 0 aliphatic rings. The van der Waals surface area contributed by atoms with Crippen LogP contribution in [-0.2, 0) is 6.54 Å². The van der Waals surface area contributed by atoms with E-state index in [1.807, 2.05) is 54.0 Å². The minimum absolute atomic E-state index is 0.0816. The van der Waals surface area contributed by atoms with Crippen LogP contribution in [0.2, 0.25) is 0 Å². The fourth-order valence-corrected chi connectivity index (χ4v) is 2.96. The van der Waals surface area contributed by atoms with Crippen LogP contribution >= 0.6 is 11.8 Å². The van der Waals surface area contributed by atoms with Crippen molar-refractivity contribution >= 4 is 17.5 Å². The van der Waals surface area contributed by atoms with Crippen LogP contribution in [0, 0.1) is 0 Å². The average molecular weight is 313 g/mol. The Hall–Kier alpha value is -2.34. The maximum Gasteiger partial charge on any atom is 0.192 e. The van der Waals surface area contributed by atoms with Crippen LogP contribution in [0.1, 0.15) is 23.0 Å². The predicted molar refractivity (Wildman–Crippen MR) is 83.9 cm³/mol. The molecule has 0 saturated carbocycles. The van der Waals surface area contributed by atoms with Gasteiger partial charge in [-0.2, -0.15) is 0 Å². The van der Waals surface area contributed by atoms with E-state index in [1.54, 1.807) is 12.6 Å². The lowest BCUT2D eigenvalue weighted by molar-refractivity contribution is 0.0994. The van der Waals surface area contributed by atoms with Gasteiger partial charge < -0.3 is 8.98 Å². The number of carbonyl (C=O) groups is 1. The maximum absolute atomic E-state index is 12.4. The maximum atomic E-state index is 12.4. The van der Waals surface area contributed by atoms with E-state index >= 15 is 0 Å². The first-order valence-electron chi connectivity index (χ1n) is 6.90. The number of thioether (sulfide) groups is 1. The molecule has 0 N–H and O–H groups in total. The molecule has 2 heterocycles. The van der Waals surface area contributed by atoms with Crippen LogP contribution in [0.25, 0.3) is 0 Å². The van der Waals surface area contributed by atoms with Gasteiger partial charge in [-0.15, -0.1) is 10.2 Å². The summed E-state index contributed by atoms with van der Waals surface area (Å²) in [5, 5.41) is 8.49. The van der Waals surface area contributed by atoms with Crippen molar-refractivity contribution in [2.75, 3.05) is 0 Å². The number of hydrogen-bond acceptors (Lipinski definition) is 5. The third-order valence-electron chi connectivity index (χ3n) is 3.20. The molecule has 2 aromatic heterocycles. The van der Waals surface area contributed by atoms with E-state index in [2.05, 4.69) is 10.2 Å². The average Bonchev–Trinajstić information content (AvgIpc) is 3.20. The lowest BCUT2D eigenvalue weighted by Crippen LogP contribution is -2.14. The number of aromatic nitrogens is 3. The van der Waals surface area contributed by atoms with Gasteiger partial charge in [-0.25, -0.2) is 0 Å². The van der Waals surface area contributed by atoms with E-state index in [0.29, 0.717) is 17.3 Å². The van der Waals surface area contributed by atoms with Gasteiger partial charge >= 0.3 is 0 Å². The van der Waals surface area contributed by atoms with Gasteiger partial charge in [0.25, 0.3) is 0 Å². The number of rotatable bonds is 6. The van der Waals surface area contributed by atoms with E-state index in [0.717, 1.165) is 5.76 Å². The topological polar surface area (TPSA) is 60.9 Å². The largest absolute Gasteiger partial charge is 0.467 e. The standard InChI is InChI=1S/C16H15N3O2S/c1-12(15(20)13-6-3-2-4-7-13)22-16-18-17-11-19(16)10-14-8-5-9-21-14/h2-9,11-12H,10H2,1H3. The molecular formula is C16H15N3O2S. The van der Waals surface area contributed by atoms with Crippen LogP contribution in [0.15, 0.2) is 64.6 Å². The van der Waals surface area contributed by atoms with Crippen molar-refractivity contribution in [3.63, 3.8) is 0 Å². The summed E-state index contributed by atoms with van der Waals surface area (Å²) in [6.07, 6.45) is 3.28. The first-order valence-corrected chi connectivity index (χ1v) is 7.78. The highest BCUT2D eigenvalue weighted by atomic mass is 32.2. The third-order valence-corrected chi connectivity index (χ3v) is 4.29. The van der Waals surface area contributed by atoms with Crippen LogP contribution < -0.4 is 0 Å². The van der Waals surface area contributed by atoms with Crippen LogP contribution in [0.4, 0.5) is 0 Å². The van der Waals surface area contributed by atoms with Gasteiger partial charge in [-0.3, -0.25) is 4.79 Å². The summed E-state index contributed by atoms with van der Waals surface area (Å²) >= 11 is 1.40. The minimum Gasteiger partial charge on any atom is -0.467 e. The number of nitrogens with zero attached hydrogens (tertiary/aromatic N) is 3. The molecule has 3 rings (SSSR count). The van der Waals surface area contributed by atoms with Gasteiger partial charge in [0, 0.05) is 5.56 Å². The summed E-state index contributed by atoms with van der Waals surface area (Å²) in [6.45, 7) is 2.43. The number of carbonyl (C=O) groups excluding carboxylic acids is 1. The number of Topliss-reactive ketones (excluding diaryl/α,β-unsaturated/α-hetero) is 1. The molecule has 1 aromatic carbocycles. The molecule has 0 aliphatic heterocycles. The Morgan fingerprint density at radius 1 is 1.27 bits per heavy atom. The summed E-state index contributed by atoms with van der Waals surface area (Å²) in [7, 11) is 0. The molecule has 1 atom stereocenters. The van der Waals surface area contributed by atoms with Gasteiger partial charge in [0.15, 0.2) is 10.9 Å². The van der Waals surface area contributed by atoms with Crippen molar-refractivity contribution < 1.29 is 9.21 Å². The second-order valence-corrected chi connectivity index (χ2v) is 6.12. The molecule has 0 fully saturated rings. The van der Waals surface area contributed by atoms with Crippen molar-refractivity contribution in [2.24, 2.45) is 0 Å². The summed E-state index contributed by atoms with van der Waals surface area (Å²) < 4.78 is 7.20. The first kappa shape index (κ1) is 14.6. The Morgan fingerprint density at radius 3 is 2.82 bits per heavy atom. The van der Waals surface area contributed by atoms with Crippen molar-refractivity contribution in [3.05, 3.63) is 66.4 Å². The van der Waals surface area contributed by atoms with E-state index in [4.69, 9.17) is 4.42 Å². The van der Waals surface area contributed by atoms with Crippen LogP contribution in [-0.4, -0.2) is 25.8 Å². The first-order chi connectivity index (χ1) is 10.7. The fourth-order valence-electron chi connectivity index (χ4n) is 2.06. The molecule has 3 aromatic rings. The molecule has 0 saturated heterocycles. The summed E-state index contributed by atoms with van der Waals surface area (Å²) in [4.78, 5) is 12.4. The zero-order valence-corrected chi connectivity index (χ0v) is 12.9. The van der Waals surface area contributed by atoms with Crippen molar-refractivity contribution in [2.45, 2.75) is 23.9 Å². The predicted octanol–water partition coefficient (Wildman–Crippen LogP) is 3.28. The highest BCUT2D eigenvalue weighted by Crippen LogP contribution is 2.24. The molecule has 22 heavy (non-hydrogen) atoms. The molecule has 0 spiro atoms. The summed E-state index contributed by atoms with van der Waals surface area (Å²) in [5.74, 6) is 0.904. The summed E-state index contributed by atoms with van der Waals surface area (Å²) in [5.41, 5.74) is 0.708. The molecule has 1 unspecified atom stereocenters. The number of hydrogen-bond donors (Lipinski definition) is 0. The number of ketones is 1. The van der Waals surface area contributed by atoms with Crippen molar-refractivity contribution in [1.29, 1.82) is 0 Å². The lowest BCUT2D eigenvalue weighted by atomic mass is 10.1. The van der Waals surface area contributed by atoms with Gasteiger partial charge in [-0.05, 0) is 19.1 Å². The van der Waals surface area contributed by atoms with E-state index in [-0.39, 0.29) is 11.0 Å². The van der Waals surface area contributed by atoms with Crippen LogP contribution in [0.5, 0.6) is 0 Å². The second-order valence-electron chi connectivity index (χ2n) is 4.81. The Balaban J connectivity index is 1.71. The molecule has 0 radical (unpaired) electrons. The highest BCUT2D eigenvalue weighted by molar-refractivity contribution is 8.00. The van der Waals surface area contributed by atoms with Crippen LogP contribution in [0.3, 0.4) is 0 Å². The Morgan fingerprint density at radius 2 is 2.09 bits per heavy atom. The van der Waals surface area contributed by atoms with Gasteiger partial charge in [0.1, 0.15) is 12.1 Å². The quantitative estimate of drug-likeness (QED) is 0.516. The second kappa shape index (κ2) is 6.62.